The summed E-state index contributed by atoms with van der Waals surface area (Å²) in [6.45, 7) is -0.194. The summed E-state index contributed by atoms with van der Waals surface area (Å²) in [6, 6.07) is -1.47. The van der Waals surface area contributed by atoms with Crippen molar-refractivity contribution in [2.75, 3.05) is 6.61 Å². The molecule has 0 spiro atoms. The second-order valence-electron chi connectivity index (χ2n) is 5.06. The third-order valence-electron chi connectivity index (χ3n) is 3.61. The van der Waals surface area contributed by atoms with E-state index in [1.54, 1.807) is 0 Å². The molecular weight excluding hydrogens is 290 g/mol. The maximum Gasteiger partial charge on any atom is 0.364 e. The average molecular weight is 309 g/mol. The van der Waals surface area contributed by atoms with Gasteiger partial charge in [0.1, 0.15) is 12.2 Å². The summed E-state index contributed by atoms with van der Waals surface area (Å²) in [5.74, 6) is -5.83. The van der Waals surface area contributed by atoms with Crippen LogP contribution in [0.2, 0.25) is 0 Å². The molecule has 0 amide bonds. The molecule has 1 rings (SSSR count). The van der Waals surface area contributed by atoms with Crippen LogP contribution in [0.15, 0.2) is 0 Å². The van der Waals surface area contributed by atoms with Gasteiger partial charge in [0, 0.05) is 6.42 Å². The second-order valence-corrected chi connectivity index (χ2v) is 5.06. The molecular formula is C11H19NO9. The lowest BCUT2D eigenvalue weighted by atomic mass is 9.78. The topological polar surface area (TPSA) is 191 Å². The highest BCUT2D eigenvalue weighted by Crippen LogP contribution is 2.34. The number of Topliss-reactive ketones (excluding diaryl/α,β-unsaturated/α-hetero) is 1. The van der Waals surface area contributed by atoms with E-state index in [4.69, 9.17) is 20.7 Å². The normalized spacial score (nSPS) is 37.6. The summed E-state index contributed by atoms with van der Waals surface area (Å²) in [4.78, 5) is 22.6. The van der Waals surface area contributed by atoms with Crippen LogP contribution in [0, 0.1) is 0 Å². The molecule has 0 aliphatic carbocycles. The van der Waals surface area contributed by atoms with Crippen LogP contribution in [-0.2, 0) is 14.3 Å². The highest BCUT2D eigenvalue weighted by molar-refractivity contribution is 5.86. The zero-order chi connectivity index (χ0) is 16.6. The summed E-state index contributed by atoms with van der Waals surface area (Å²) in [7, 11) is 0. The van der Waals surface area contributed by atoms with Crippen LogP contribution >= 0.6 is 0 Å². The summed E-state index contributed by atoms with van der Waals surface area (Å²) in [5.41, 5.74) is 2.78. The fourth-order valence-electron chi connectivity index (χ4n) is 2.24. The molecule has 0 unspecified atom stereocenters. The Morgan fingerprint density at radius 1 is 1.52 bits per heavy atom. The quantitative estimate of drug-likeness (QED) is 0.262. The molecule has 6 atom stereocenters. The first-order chi connectivity index (χ1) is 9.50. The number of aliphatic carboxylic acids is 1. The number of carbonyl (C=O) groups is 2. The number of aliphatic hydroxyl groups excluding tert-OH is 3. The zero-order valence-electron chi connectivity index (χ0n) is 11.2. The second kappa shape index (κ2) is 5.93. The number of hydrogen-bond acceptors (Lipinski definition) is 9. The number of rotatable bonds is 5. The highest BCUT2D eigenvalue weighted by Gasteiger charge is 2.59. The zero-order valence-corrected chi connectivity index (χ0v) is 11.2. The van der Waals surface area contributed by atoms with Crippen LogP contribution in [0.4, 0.5) is 0 Å². The Kier molecular flexibility index (Phi) is 5.05. The minimum absolute atomic E-state index is 0.788. The lowest BCUT2D eigenvalue weighted by molar-refractivity contribution is -0.305. The maximum atomic E-state index is 11.6. The SMILES string of the molecule is CC(=O)[C@@](O)([C@H](O)CO)[C@@H]1O[C@](O)(C(=O)O)C[C@H](O)[C@H]1N. The van der Waals surface area contributed by atoms with E-state index in [9.17, 15) is 30.0 Å². The molecule has 21 heavy (non-hydrogen) atoms. The Morgan fingerprint density at radius 3 is 2.43 bits per heavy atom. The van der Waals surface area contributed by atoms with Gasteiger partial charge in [-0.05, 0) is 6.92 Å². The van der Waals surface area contributed by atoms with E-state index in [0.717, 1.165) is 6.92 Å². The number of nitrogens with two attached hydrogens (primary N) is 1. The number of aliphatic hydroxyl groups is 5. The molecule has 8 N–H and O–H groups in total. The minimum atomic E-state index is -2.89. The maximum absolute atomic E-state index is 11.6. The minimum Gasteiger partial charge on any atom is -0.477 e. The van der Waals surface area contributed by atoms with E-state index in [-0.39, 0.29) is 0 Å². The van der Waals surface area contributed by atoms with E-state index in [0.29, 0.717) is 0 Å². The Morgan fingerprint density at radius 2 is 2.05 bits per heavy atom. The van der Waals surface area contributed by atoms with Crippen LogP contribution in [0.5, 0.6) is 0 Å². The summed E-state index contributed by atoms with van der Waals surface area (Å²) < 4.78 is 4.80. The van der Waals surface area contributed by atoms with E-state index in [1.165, 1.54) is 0 Å². The number of carbonyl (C=O) groups excluding carboxylic acids is 1. The van der Waals surface area contributed by atoms with Gasteiger partial charge in [-0.3, -0.25) is 4.79 Å². The Labute approximate surface area is 119 Å². The molecule has 0 aromatic carbocycles. The van der Waals surface area contributed by atoms with Gasteiger partial charge < -0.3 is 41.1 Å². The van der Waals surface area contributed by atoms with Gasteiger partial charge in [-0.2, -0.15) is 0 Å². The van der Waals surface area contributed by atoms with E-state index < -0.39 is 60.5 Å². The first-order valence-corrected chi connectivity index (χ1v) is 6.10. The fourth-order valence-corrected chi connectivity index (χ4v) is 2.24. The Bertz CT molecular complexity index is 430. The first-order valence-electron chi connectivity index (χ1n) is 6.10. The van der Waals surface area contributed by atoms with Gasteiger partial charge in [0.15, 0.2) is 11.4 Å². The summed E-state index contributed by atoms with van der Waals surface area (Å²) in [6.07, 6.45) is -6.40. The van der Waals surface area contributed by atoms with E-state index >= 15 is 0 Å². The molecule has 1 fully saturated rings. The summed E-state index contributed by atoms with van der Waals surface area (Å²) >= 11 is 0. The molecule has 0 aromatic heterocycles. The first kappa shape index (κ1) is 17.9. The molecule has 1 heterocycles. The monoisotopic (exact) mass is 309 g/mol. The molecule has 0 bridgehead atoms. The fraction of sp³-hybridized carbons (Fsp3) is 0.818. The lowest BCUT2D eigenvalue weighted by Gasteiger charge is -2.47. The van der Waals surface area contributed by atoms with Gasteiger partial charge >= 0.3 is 5.97 Å². The van der Waals surface area contributed by atoms with Crippen molar-refractivity contribution < 1.29 is 45.0 Å². The Balaban J connectivity index is 3.28. The van der Waals surface area contributed by atoms with Gasteiger partial charge in [0.2, 0.25) is 0 Å². The highest BCUT2D eigenvalue weighted by atomic mass is 16.7. The van der Waals surface area contributed by atoms with Crippen molar-refractivity contribution in [2.24, 2.45) is 5.73 Å². The van der Waals surface area contributed by atoms with E-state index in [2.05, 4.69) is 0 Å². The largest absolute Gasteiger partial charge is 0.477 e. The van der Waals surface area contributed by atoms with Gasteiger partial charge in [0.25, 0.3) is 5.79 Å². The number of hydrogen-bond donors (Lipinski definition) is 7. The predicted octanol–water partition coefficient (Wildman–Crippen LogP) is -4.09. The van der Waals surface area contributed by atoms with Gasteiger partial charge in [0.05, 0.1) is 18.8 Å². The average Bonchev–Trinajstić information content (AvgIpc) is 2.40. The van der Waals surface area contributed by atoms with Crippen LogP contribution < -0.4 is 5.73 Å². The molecule has 10 nitrogen and oxygen atoms in total. The molecule has 0 radical (unpaired) electrons. The van der Waals surface area contributed by atoms with Gasteiger partial charge in [-0.25, -0.2) is 4.79 Å². The van der Waals surface area contributed by atoms with Crippen molar-refractivity contribution in [3.05, 3.63) is 0 Å². The number of ketones is 1. The molecule has 1 aliphatic heterocycles. The van der Waals surface area contributed by atoms with Crippen molar-refractivity contribution in [1.29, 1.82) is 0 Å². The Hall–Kier alpha value is -1.14. The molecule has 10 heteroatoms. The molecule has 0 aromatic rings. The van der Waals surface area contributed by atoms with Crippen molar-refractivity contribution in [2.45, 2.75) is 49.1 Å². The van der Waals surface area contributed by atoms with Crippen molar-refractivity contribution in [1.82, 2.24) is 0 Å². The van der Waals surface area contributed by atoms with Crippen molar-refractivity contribution in [3.8, 4) is 0 Å². The third-order valence-corrected chi connectivity index (χ3v) is 3.61. The van der Waals surface area contributed by atoms with Crippen LogP contribution in [0.25, 0.3) is 0 Å². The number of carboxylic acid groups (broad SMARTS) is 1. The third kappa shape index (κ3) is 2.92. The molecule has 0 saturated carbocycles. The van der Waals surface area contributed by atoms with Crippen LogP contribution in [0.1, 0.15) is 13.3 Å². The predicted molar refractivity (Wildman–Crippen MR) is 64.8 cm³/mol. The van der Waals surface area contributed by atoms with Crippen molar-refractivity contribution in [3.63, 3.8) is 0 Å². The van der Waals surface area contributed by atoms with Crippen LogP contribution in [-0.4, -0.2) is 84.7 Å². The lowest BCUT2D eigenvalue weighted by Crippen LogP contribution is -2.72. The molecule has 1 saturated heterocycles. The summed E-state index contributed by atoms with van der Waals surface area (Å²) in [5, 5.41) is 57.3. The smallest absolute Gasteiger partial charge is 0.364 e. The van der Waals surface area contributed by atoms with Crippen molar-refractivity contribution >= 4 is 11.8 Å². The van der Waals surface area contributed by atoms with Crippen LogP contribution in [0.3, 0.4) is 0 Å². The number of ether oxygens (including phenoxy) is 1. The van der Waals surface area contributed by atoms with Gasteiger partial charge in [-0.1, -0.05) is 0 Å². The molecule has 1 aliphatic rings. The van der Waals surface area contributed by atoms with E-state index in [1.807, 2.05) is 0 Å². The number of carboxylic acids is 1. The standard InChI is InChI=1S/C11H19NO9/c1-4(14)11(20,6(16)3-13)8-7(12)5(15)2-10(19,21-8)9(17)18/h5-8,13,15-16,19-20H,2-3,12H2,1H3,(H,17,18)/t5-,6+,7+,8+,10-,11+/m0/s1. The van der Waals surface area contributed by atoms with Gasteiger partial charge in [-0.15, -0.1) is 0 Å². The molecule has 122 valence electrons.